The van der Waals surface area contributed by atoms with Crippen LogP contribution in [0, 0.1) is 5.82 Å². The lowest BCUT2D eigenvalue weighted by Gasteiger charge is -2.12. The molecule has 0 aliphatic rings. The molecular formula is C13H19FN2O2S. The number of hydrogen-bond donors (Lipinski definition) is 2. The van der Waals surface area contributed by atoms with Gasteiger partial charge in [0.15, 0.2) is 0 Å². The second kappa shape index (κ2) is 8.01. The zero-order valence-corrected chi connectivity index (χ0v) is 11.9. The van der Waals surface area contributed by atoms with Crippen LogP contribution in [0.25, 0.3) is 0 Å². The highest BCUT2D eigenvalue weighted by atomic mass is 32.2. The van der Waals surface area contributed by atoms with Gasteiger partial charge < -0.3 is 15.8 Å². The number of thioether (sulfide) groups is 1. The van der Waals surface area contributed by atoms with Crippen LogP contribution >= 0.6 is 11.8 Å². The van der Waals surface area contributed by atoms with Gasteiger partial charge in [-0.1, -0.05) is 0 Å². The van der Waals surface area contributed by atoms with Crippen molar-refractivity contribution in [2.24, 2.45) is 0 Å². The first-order valence-electron chi connectivity index (χ1n) is 6.01. The first kappa shape index (κ1) is 15.8. The second-order valence-corrected chi connectivity index (χ2v) is 5.53. The van der Waals surface area contributed by atoms with Crippen LogP contribution < -0.4 is 11.1 Å². The first-order chi connectivity index (χ1) is 9.04. The van der Waals surface area contributed by atoms with Gasteiger partial charge in [-0.05, 0) is 37.3 Å². The molecule has 0 spiro atoms. The fourth-order valence-corrected chi connectivity index (χ4v) is 2.25. The molecule has 0 fully saturated rings. The number of benzene rings is 1. The standard InChI is InChI=1S/C13H19FN2O2S/c1-9(19-7-3-6-18-2)13(17)16-10-4-5-11(14)12(15)8-10/h4-5,8-9H,3,6-7,15H2,1-2H3,(H,16,17). The smallest absolute Gasteiger partial charge is 0.237 e. The Kier molecular flexibility index (Phi) is 6.66. The molecule has 0 heterocycles. The molecule has 0 saturated heterocycles. The van der Waals surface area contributed by atoms with Crippen LogP contribution in [0.4, 0.5) is 15.8 Å². The quantitative estimate of drug-likeness (QED) is 0.597. The van der Waals surface area contributed by atoms with Gasteiger partial charge in [-0.2, -0.15) is 0 Å². The van der Waals surface area contributed by atoms with Gasteiger partial charge in [-0.25, -0.2) is 4.39 Å². The summed E-state index contributed by atoms with van der Waals surface area (Å²) in [6.07, 6.45) is 0.905. The number of nitrogen functional groups attached to an aromatic ring is 1. The molecule has 0 saturated carbocycles. The Balaban J connectivity index is 2.42. The summed E-state index contributed by atoms with van der Waals surface area (Å²) >= 11 is 1.55. The van der Waals surface area contributed by atoms with Crippen molar-refractivity contribution >= 4 is 29.0 Å². The van der Waals surface area contributed by atoms with Gasteiger partial charge in [0.1, 0.15) is 5.82 Å². The summed E-state index contributed by atoms with van der Waals surface area (Å²) in [5, 5.41) is 2.54. The van der Waals surface area contributed by atoms with Gasteiger partial charge >= 0.3 is 0 Å². The molecule has 4 nitrogen and oxygen atoms in total. The Bertz CT molecular complexity index is 429. The van der Waals surface area contributed by atoms with Crippen LogP contribution in [0.15, 0.2) is 18.2 Å². The molecule has 0 aliphatic heterocycles. The maximum Gasteiger partial charge on any atom is 0.237 e. The van der Waals surface area contributed by atoms with Gasteiger partial charge in [0.2, 0.25) is 5.91 Å². The third-order valence-corrected chi connectivity index (χ3v) is 3.73. The molecule has 1 amide bonds. The molecule has 1 unspecified atom stereocenters. The highest BCUT2D eigenvalue weighted by Crippen LogP contribution is 2.18. The van der Waals surface area contributed by atoms with Crippen molar-refractivity contribution in [2.45, 2.75) is 18.6 Å². The van der Waals surface area contributed by atoms with E-state index in [-0.39, 0.29) is 16.8 Å². The number of halogens is 1. The van der Waals surface area contributed by atoms with Gasteiger partial charge in [-0.15, -0.1) is 11.8 Å². The van der Waals surface area contributed by atoms with Crippen molar-refractivity contribution < 1.29 is 13.9 Å². The molecule has 1 atom stereocenters. The molecule has 1 rings (SSSR count). The van der Waals surface area contributed by atoms with Crippen LogP contribution in [-0.4, -0.2) is 30.6 Å². The van der Waals surface area contributed by atoms with Gasteiger partial charge in [-0.3, -0.25) is 4.79 Å². The van der Waals surface area contributed by atoms with Gasteiger partial charge in [0, 0.05) is 19.4 Å². The molecule has 106 valence electrons. The largest absolute Gasteiger partial charge is 0.396 e. The number of ether oxygens (including phenoxy) is 1. The first-order valence-corrected chi connectivity index (χ1v) is 7.06. The number of amides is 1. The normalized spacial score (nSPS) is 12.2. The van der Waals surface area contributed by atoms with Crippen LogP contribution in [-0.2, 0) is 9.53 Å². The maximum absolute atomic E-state index is 13.0. The lowest BCUT2D eigenvalue weighted by molar-refractivity contribution is -0.115. The number of rotatable bonds is 7. The van der Waals surface area contributed by atoms with E-state index in [4.69, 9.17) is 10.5 Å². The van der Waals surface area contributed by atoms with Crippen LogP contribution in [0.3, 0.4) is 0 Å². The zero-order valence-electron chi connectivity index (χ0n) is 11.1. The number of methoxy groups -OCH3 is 1. The number of carbonyl (C=O) groups excluding carboxylic acids is 1. The summed E-state index contributed by atoms with van der Waals surface area (Å²) in [6.45, 7) is 2.52. The number of hydrogen-bond acceptors (Lipinski definition) is 4. The highest BCUT2D eigenvalue weighted by Gasteiger charge is 2.13. The van der Waals surface area contributed by atoms with Gasteiger partial charge in [0.25, 0.3) is 0 Å². The Morgan fingerprint density at radius 3 is 2.95 bits per heavy atom. The molecule has 1 aromatic carbocycles. The molecule has 0 radical (unpaired) electrons. The second-order valence-electron chi connectivity index (χ2n) is 4.08. The lowest BCUT2D eigenvalue weighted by Crippen LogP contribution is -2.23. The van der Waals surface area contributed by atoms with Crippen LogP contribution in [0.1, 0.15) is 13.3 Å². The Morgan fingerprint density at radius 2 is 2.32 bits per heavy atom. The minimum absolute atomic E-state index is 0.0261. The topological polar surface area (TPSA) is 64.3 Å². The Hall–Kier alpha value is -1.27. The van der Waals surface area contributed by atoms with Crippen molar-refractivity contribution in [3.63, 3.8) is 0 Å². The molecule has 0 aromatic heterocycles. The SMILES string of the molecule is COCCCSC(C)C(=O)Nc1ccc(F)c(N)c1. The molecule has 0 aliphatic carbocycles. The van der Waals surface area contributed by atoms with E-state index in [2.05, 4.69) is 5.32 Å². The number of nitrogens with one attached hydrogen (secondary N) is 1. The van der Waals surface area contributed by atoms with E-state index in [1.54, 1.807) is 18.9 Å². The average Bonchev–Trinajstić information content (AvgIpc) is 2.38. The fourth-order valence-electron chi connectivity index (χ4n) is 1.40. The van der Waals surface area contributed by atoms with E-state index in [1.165, 1.54) is 18.2 Å². The highest BCUT2D eigenvalue weighted by molar-refractivity contribution is 8.00. The summed E-state index contributed by atoms with van der Waals surface area (Å²) < 4.78 is 17.9. The van der Waals surface area contributed by atoms with E-state index in [0.29, 0.717) is 12.3 Å². The summed E-state index contributed by atoms with van der Waals surface area (Å²) in [5.41, 5.74) is 5.97. The lowest BCUT2D eigenvalue weighted by atomic mass is 10.2. The summed E-state index contributed by atoms with van der Waals surface area (Å²) in [4.78, 5) is 11.9. The van der Waals surface area contributed by atoms with Gasteiger partial charge in [0.05, 0.1) is 10.9 Å². The number of carbonyl (C=O) groups is 1. The van der Waals surface area contributed by atoms with Crippen molar-refractivity contribution in [2.75, 3.05) is 30.5 Å². The van der Waals surface area contributed by atoms with Crippen molar-refractivity contribution in [1.29, 1.82) is 0 Å². The monoisotopic (exact) mass is 286 g/mol. The Morgan fingerprint density at radius 1 is 1.58 bits per heavy atom. The minimum Gasteiger partial charge on any atom is -0.396 e. The number of nitrogens with two attached hydrogens (primary N) is 1. The third-order valence-electron chi connectivity index (χ3n) is 2.49. The van der Waals surface area contributed by atoms with E-state index < -0.39 is 5.82 Å². The van der Waals surface area contributed by atoms with E-state index in [9.17, 15) is 9.18 Å². The zero-order chi connectivity index (χ0) is 14.3. The third kappa shape index (κ3) is 5.48. The van der Waals surface area contributed by atoms with Crippen molar-refractivity contribution in [3.05, 3.63) is 24.0 Å². The maximum atomic E-state index is 13.0. The van der Waals surface area contributed by atoms with E-state index in [0.717, 1.165) is 12.2 Å². The van der Waals surface area contributed by atoms with E-state index in [1.807, 2.05) is 6.92 Å². The predicted molar refractivity (Wildman–Crippen MR) is 77.9 cm³/mol. The van der Waals surface area contributed by atoms with Crippen molar-refractivity contribution in [1.82, 2.24) is 0 Å². The predicted octanol–water partition coefficient (Wildman–Crippen LogP) is 2.50. The van der Waals surface area contributed by atoms with Crippen LogP contribution in [0.5, 0.6) is 0 Å². The molecule has 0 bridgehead atoms. The number of anilines is 2. The van der Waals surface area contributed by atoms with Crippen molar-refractivity contribution in [3.8, 4) is 0 Å². The summed E-state index contributed by atoms with van der Waals surface area (Å²) in [6, 6.07) is 4.14. The fraction of sp³-hybridized carbons (Fsp3) is 0.462. The summed E-state index contributed by atoms with van der Waals surface area (Å²) in [7, 11) is 1.65. The van der Waals surface area contributed by atoms with E-state index >= 15 is 0 Å². The average molecular weight is 286 g/mol. The molecule has 3 N–H and O–H groups in total. The molecule has 6 heteroatoms. The summed E-state index contributed by atoms with van der Waals surface area (Å²) in [5.74, 6) is 0.252. The van der Waals surface area contributed by atoms with Crippen LogP contribution in [0.2, 0.25) is 0 Å². The minimum atomic E-state index is -0.486. The molecular weight excluding hydrogens is 267 g/mol. The Labute approximate surface area is 116 Å². The molecule has 1 aromatic rings. The molecule has 19 heavy (non-hydrogen) atoms.